The molecule has 0 atom stereocenters. The Hall–Kier alpha value is -1.33. The van der Waals surface area contributed by atoms with E-state index in [1.165, 1.54) is 12.3 Å². The van der Waals surface area contributed by atoms with Crippen molar-refractivity contribution in [1.29, 1.82) is 0 Å². The van der Waals surface area contributed by atoms with E-state index in [0.29, 0.717) is 18.9 Å². The molecule has 0 aliphatic carbocycles. The predicted molar refractivity (Wildman–Crippen MR) is 59.1 cm³/mol. The Morgan fingerprint density at radius 2 is 2.38 bits per heavy atom. The SMILES string of the molecule is CC1(Nc2cc(Cl)ncc2C(=O)O)COC1. The molecule has 1 fully saturated rings. The topological polar surface area (TPSA) is 71.5 Å². The Morgan fingerprint density at radius 1 is 1.69 bits per heavy atom. The van der Waals surface area contributed by atoms with Crippen LogP contribution in [0.25, 0.3) is 0 Å². The van der Waals surface area contributed by atoms with Gasteiger partial charge in [0.05, 0.1) is 24.4 Å². The van der Waals surface area contributed by atoms with Crippen molar-refractivity contribution < 1.29 is 14.6 Å². The van der Waals surface area contributed by atoms with Crippen molar-refractivity contribution in [3.05, 3.63) is 23.0 Å². The molecular formula is C10H11ClN2O3. The smallest absolute Gasteiger partial charge is 0.339 e. The largest absolute Gasteiger partial charge is 0.478 e. The summed E-state index contributed by atoms with van der Waals surface area (Å²) in [7, 11) is 0. The summed E-state index contributed by atoms with van der Waals surface area (Å²) in [5.74, 6) is -1.03. The highest BCUT2D eigenvalue weighted by Crippen LogP contribution is 2.26. The molecule has 86 valence electrons. The Balaban J connectivity index is 2.30. The Kier molecular flexibility index (Phi) is 2.73. The number of carboxylic acid groups (broad SMARTS) is 1. The first-order chi connectivity index (χ1) is 7.50. The molecule has 2 N–H and O–H groups in total. The molecule has 2 rings (SSSR count). The lowest BCUT2D eigenvalue weighted by Gasteiger charge is -2.39. The number of hydrogen-bond donors (Lipinski definition) is 2. The second-order valence-corrected chi connectivity index (χ2v) is 4.42. The van der Waals surface area contributed by atoms with Crippen molar-refractivity contribution >= 4 is 23.3 Å². The number of ether oxygens (including phenoxy) is 1. The molecule has 1 aromatic rings. The maximum Gasteiger partial charge on any atom is 0.339 e. The third-order valence-corrected chi connectivity index (χ3v) is 2.59. The number of nitrogens with one attached hydrogen (secondary N) is 1. The summed E-state index contributed by atoms with van der Waals surface area (Å²) in [6, 6.07) is 1.51. The molecule has 0 radical (unpaired) electrons. The zero-order valence-corrected chi connectivity index (χ0v) is 9.41. The van der Waals surface area contributed by atoms with Crippen molar-refractivity contribution in [3.8, 4) is 0 Å². The summed E-state index contributed by atoms with van der Waals surface area (Å²) >= 11 is 5.74. The molecule has 1 saturated heterocycles. The van der Waals surface area contributed by atoms with E-state index in [9.17, 15) is 4.79 Å². The van der Waals surface area contributed by atoms with Crippen LogP contribution in [0.3, 0.4) is 0 Å². The van der Waals surface area contributed by atoms with E-state index < -0.39 is 5.97 Å². The first-order valence-corrected chi connectivity index (χ1v) is 5.13. The van der Waals surface area contributed by atoms with E-state index in [-0.39, 0.29) is 16.3 Å². The summed E-state index contributed by atoms with van der Waals surface area (Å²) in [5.41, 5.74) is 0.352. The second-order valence-electron chi connectivity index (χ2n) is 4.04. The Morgan fingerprint density at radius 3 is 2.88 bits per heavy atom. The van der Waals surface area contributed by atoms with Crippen LogP contribution in [0.2, 0.25) is 5.15 Å². The van der Waals surface area contributed by atoms with Crippen molar-refractivity contribution in [2.75, 3.05) is 18.5 Å². The first-order valence-electron chi connectivity index (χ1n) is 4.75. The van der Waals surface area contributed by atoms with Gasteiger partial charge < -0.3 is 15.2 Å². The van der Waals surface area contributed by atoms with E-state index in [4.69, 9.17) is 21.4 Å². The number of halogens is 1. The van der Waals surface area contributed by atoms with Crippen molar-refractivity contribution in [1.82, 2.24) is 4.98 Å². The van der Waals surface area contributed by atoms with Crippen LogP contribution in [0.15, 0.2) is 12.3 Å². The molecule has 1 aromatic heterocycles. The molecule has 0 amide bonds. The highest BCUT2D eigenvalue weighted by Gasteiger charge is 2.34. The summed E-state index contributed by atoms with van der Waals surface area (Å²) in [6.45, 7) is 3.05. The fraction of sp³-hybridized carbons (Fsp3) is 0.400. The van der Waals surface area contributed by atoms with Gasteiger partial charge in [0.1, 0.15) is 10.7 Å². The number of aromatic carboxylic acids is 1. The van der Waals surface area contributed by atoms with Gasteiger partial charge in [-0.25, -0.2) is 9.78 Å². The predicted octanol–water partition coefficient (Wildman–Crippen LogP) is 1.63. The number of carbonyl (C=O) groups is 1. The van der Waals surface area contributed by atoms with Crippen LogP contribution in [-0.4, -0.2) is 34.8 Å². The summed E-state index contributed by atoms with van der Waals surface area (Å²) in [5, 5.41) is 12.4. The number of nitrogens with zero attached hydrogens (tertiary/aromatic N) is 1. The Labute approximate surface area is 97.4 Å². The second kappa shape index (κ2) is 3.92. The van der Waals surface area contributed by atoms with Crippen LogP contribution in [0, 0.1) is 0 Å². The zero-order valence-electron chi connectivity index (χ0n) is 8.66. The van der Waals surface area contributed by atoms with Crippen LogP contribution in [0.5, 0.6) is 0 Å². The van der Waals surface area contributed by atoms with E-state index in [0.717, 1.165) is 0 Å². The van der Waals surface area contributed by atoms with Crippen LogP contribution in [-0.2, 0) is 4.74 Å². The number of rotatable bonds is 3. The molecule has 0 bridgehead atoms. The van der Waals surface area contributed by atoms with Gasteiger partial charge in [0.2, 0.25) is 0 Å². The van der Waals surface area contributed by atoms with E-state index in [1.807, 2.05) is 6.92 Å². The van der Waals surface area contributed by atoms with Gasteiger partial charge in [0, 0.05) is 6.20 Å². The molecular weight excluding hydrogens is 232 g/mol. The number of carboxylic acids is 1. The van der Waals surface area contributed by atoms with Crippen LogP contribution < -0.4 is 5.32 Å². The van der Waals surface area contributed by atoms with Crippen molar-refractivity contribution in [2.45, 2.75) is 12.5 Å². The van der Waals surface area contributed by atoms with Gasteiger partial charge in [-0.2, -0.15) is 0 Å². The minimum atomic E-state index is -1.03. The zero-order chi connectivity index (χ0) is 11.8. The lowest BCUT2D eigenvalue weighted by molar-refractivity contribution is -0.0318. The summed E-state index contributed by atoms with van der Waals surface area (Å²) in [6.07, 6.45) is 1.25. The first kappa shape index (κ1) is 11.2. The van der Waals surface area contributed by atoms with Gasteiger partial charge in [-0.15, -0.1) is 0 Å². The number of anilines is 1. The normalized spacial score (nSPS) is 17.6. The molecule has 0 saturated carbocycles. The maximum atomic E-state index is 11.0. The highest BCUT2D eigenvalue weighted by atomic mass is 35.5. The molecule has 16 heavy (non-hydrogen) atoms. The van der Waals surface area contributed by atoms with Gasteiger partial charge in [0.15, 0.2) is 0 Å². The third-order valence-electron chi connectivity index (χ3n) is 2.38. The Bertz CT molecular complexity index is 432. The molecule has 5 nitrogen and oxygen atoms in total. The quantitative estimate of drug-likeness (QED) is 0.789. The number of pyridine rings is 1. The van der Waals surface area contributed by atoms with Crippen LogP contribution >= 0.6 is 11.6 Å². The average Bonchev–Trinajstić information content (AvgIpc) is 2.15. The minimum absolute atomic E-state index is 0.109. The van der Waals surface area contributed by atoms with Crippen LogP contribution in [0.4, 0.5) is 5.69 Å². The maximum absolute atomic E-state index is 11.0. The van der Waals surface area contributed by atoms with E-state index in [2.05, 4.69) is 10.3 Å². The summed E-state index contributed by atoms with van der Waals surface area (Å²) in [4.78, 5) is 14.7. The summed E-state index contributed by atoms with van der Waals surface area (Å²) < 4.78 is 5.08. The molecule has 2 heterocycles. The van der Waals surface area contributed by atoms with Crippen molar-refractivity contribution in [3.63, 3.8) is 0 Å². The lowest BCUT2D eigenvalue weighted by atomic mass is 9.99. The van der Waals surface area contributed by atoms with Gasteiger partial charge in [-0.05, 0) is 13.0 Å². The third kappa shape index (κ3) is 2.10. The van der Waals surface area contributed by atoms with Gasteiger partial charge in [-0.1, -0.05) is 11.6 Å². The highest BCUT2D eigenvalue weighted by molar-refractivity contribution is 6.29. The van der Waals surface area contributed by atoms with Gasteiger partial charge >= 0.3 is 5.97 Å². The van der Waals surface area contributed by atoms with E-state index in [1.54, 1.807) is 0 Å². The lowest BCUT2D eigenvalue weighted by Crippen LogP contribution is -2.53. The number of aromatic nitrogens is 1. The fourth-order valence-electron chi connectivity index (χ4n) is 1.51. The number of hydrogen-bond acceptors (Lipinski definition) is 4. The van der Waals surface area contributed by atoms with Crippen LogP contribution in [0.1, 0.15) is 17.3 Å². The molecule has 0 aromatic carbocycles. The minimum Gasteiger partial charge on any atom is -0.478 e. The van der Waals surface area contributed by atoms with E-state index >= 15 is 0 Å². The van der Waals surface area contributed by atoms with Gasteiger partial charge in [-0.3, -0.25) is 0 Å². The van der Waals surface area contributed by atoms with Crippen molar-refractivity contribution in [2.24, 2.45) is 0 Å². The molecule has 0 spiro atoms. The molecule has 1 aliphatic heterocycles. The van der Waals surface area contributed by atoms with Gasteiger partial charge in [0.25, 0.3) is 0 Å². The molecule has 1 aliphatic rings. The fourth-order valence-corrected chi connectivity index (χ4v) is 1.67. The standard InChI is InChI=1S/C10H11ClN2O3/c1-10(4-16-5-10)13-7-2-8(11)12-3-6(7)9(14)15/h2-3H,4-5H2,1H3,(H,12,13)(H,14,15). The molecule has 0 unspecified atom stereocenters. The average molecular weight is 243 g/mol. The molecule has 6 heteroatoms. The monoisotopic (exact) mass is 242 g/mol.